The van der Waals surface area contributed by atoms with Gasteiger partial charge in [0, 0.05) is 24.3 Å². The predicted molar refractivity (Wildman–Crippen MR) is 68.4 cm³/mol. The Hall–Kier alpha value is -1.61. The van der Waals surface area contributed by atoms with E-state index in [-0.39, 0.29) is 0 Å². The SMILES string of the molecule is c1ccc(-n2cnc(C3CCCNC3)c2)cc1. The fourth-order valence-electron chi connectivity index (χ4n) is 2.39. The molecule has 88 valence electrons. The molecule has 0 amide bonds. The average molecular weight is 227 g/mol. The van der Waals surface area contributed by atoms with Crippen LogP contribution in [-0.4, -0.2) is 22.6 Å². The molecule has 1 N–H and O–H groups in total. The van der Waals surface area contributed by atoms with E-state index in [1.165, 1.54) is 24.2 Å². The Morgan fingerprint density at radius 1 is 1.24 bits per heavy atom. The van der Waals surface area contributed by atoms with Gasteiger partial charge < -0.3 is 9.88 Å². The standard InChI is InChI=1S/C14H17N3/c1-2-6-13(7-3-1)17-10-14(16-11-17)12-5-4-8-15-9-12/h1-3,6-7,10-12,15H,4-5,8-9H2. The summed E-state index contributed by atoms with van der Waals surface area (Å²) in [7, 11) is 0. The largest absolute Gasteiger partial charge is 0.316 e. The van der Waals surface area contributed by atoms with E-state index >= 15 is 0 Å². The lowest BCUT2D eigenvalue weighted by Gasteiger charge is -2.20. The molecule has 1 fully saturated rings. The van der Waals surface area contributed by atoms with Crippen molar-refractivity contribution >= 4 is 0 Å². The molecule has 1 aromatic carbocycles. The topological polar surface area (TPSA) is 29.9 Å². The maximum atomic E-state index is 4.54. The smallest absolute Gasteiger partial charge is 0.0995 e. The van der Waals surface area contributed by atoms with E-state index in [0.29, 0.717) is 5.92 Å². The van der Waals surface area contributed by atoms with Crippen molar-refractivity contribution in [3.05, 3.63) is 48.5 Å². The summed E-state index contributed by atoms with van der Waals surface area (Å²) < 4.78 is 2.10. The summed E-state index contributed by atoms with van der Waals surface area (Å²) in [5.74, 6) is 0.578. The third-order valence-electron chi connectivity index (χ3n) is 3.37. The molecule has 1 atom stereocenters. The lowest BCUT2D eigenvalue weighted by Crippen LogP contribution is -2.28. The van der Waals surface area contributed by atoms with E-state index in [9.17, 15) is 0 Å². The Balaban J connectivity index is 1.83. The van der Waals surface area contributed by atoms with Gasteiger partial charge in [-0.15, -0.1) is 0 Å². The summed E-state index contributed by atoms with van der Waals surface area (Å²) in [5.41, 5.74) is 2.39. The summed E-state index contributed by atoms with van der Waals surface area (Å²) in [4.78, 5) is 4.54. The van der Waals surface area contributed by atoms with Gasteiger partial charge in [-0.25, -0.2) is 4.98 Å². The van der Waals surface area contributed by atoms with Gasteiger partial charge in [0.1, 0.15) is 0 Å². The molecular formula is C14H17N3. The van der Waals surface area contributed by atoms with Gasteiger partial charge in [0.15, 0.2) is 0 Å². The van der Waals surface area contributed by atoms with Gasteiger partial charge in [0.05, 0.1) is 12.0 Å². The fraction of sp³-hybridized carbons (Fsp3) is 0.357. The fourth-order valence-corrected chi connectivity index (χ4v) is 2.39. The van der Waals surface area contributed by atoms with Crippen LogP contribution in [0.25, 0.3) is 5.69 Å². The molecule has 1 saturated heterocycles. The first kappa shape index (κ1) is 10.5. The van der Waals surface area contributed by atoms with Gasteiger partial charge in [0.25, 0.3) is 0 Å². The summed E-state index contributed by atoms with van der Waals surface area (Å²) in [6, 6.07) is 10.3. The molecule has 0 aliphatic carbocycles. The van der Waals surface area contributed by atoms with Crippen molar-refractivity contribution in [2.75, 3.05) is 13.1 Å². The maximum Gasteiger partial charge on any atom is 0.0995 e. The quantitative estimate of drug-likeness (QED) is 0.853. The first-order chi connectivity index (χ1) is 8.43. The number of rotatable bonds is 2. The zero-order chi connectivity index (χ0) is 11.5. The highest BCUT2D eigenvalue weighted by molar-refractivity contribution is 5.32. The normalized spacial score (nSPS) is 20.4. The number of nitrogens with zero attached hydrogens (tertiary/aromatic N) is 2. The summed E-state index contributed by atoms with van der Waals surface area (Å²) in [5, 5.41) is 3.43. The number of para-hydroxylation sites is 1. The van der Waals surface area contributed by atoms with Gasteiger partial charge in [-0.2, -0.15) is 0 Å². The van der Waals surface area contributed by atoms with Gasteiger partial charge in [0.2, 0.25) is 0 Å². The second-order valence-corrected chi connectivity index (χ2v) is 4.58. The molecule has 0 saturated carbocycles. The molecule has 1 aromatic heterocycles. The lowest BCUT2D eigenvalue weighted by molar-refractivity contribution is 0.455. The van der Waals surface area contributed by atoms with Gasteiger partial charge >= 0.3 is 0 Å². The van der Waals surface area contributed by atoms with Crippen molar-refractivity contribution in [2.24, 2.45) is 0 Å². The molecule has 1 aliphatic rings. The van der Waals surface area contributed by atoms with Crippen LogP contribution < -0.4 is 5.32 Å². The zero-order valence-electron chi connectivity index (χ0n) is 9.84. The van der Waals surface area contributed by atoms with Crippen molar-refractivity contribution < 1.29 is 0 Å². The van der Waals surface area contributed by atoms with E-state index in [2.05, 4.69) is 45.3 Å². The summed E-state index contributed by atoms with van der Waals surface area (Å²) in [6.07, 6.45) is 6.58. The molecular weight excluding hydrogens is 210 g/mol. The van der Waals surface area contributed by atoms with E-state index in [1.807, 2.05) is 12.4 Å². The van der Waals surface area contributed by atoms with E-state index in [4.69, 9.17) is 0 Å². The van der Waals surface area contributed by atoms with Crippen molar-refractivity contribution in [1.82, 2.24) is 14.9 Å². The highest BCUT2D eigenvalue weighted by Gasteiger charge is 2.17. The van der Waals surface area contributed by atoms with Crippen molar-refractivity contribution in [3.8, 4) is 5.69 Å². The molecule has 17 heavy (non-hydrogen) atoms. The maximum absolute atomic E-state index is 4.54. The van der Waals surface area contributed by atoms with Crippen LogP contribution in [0.3, 0.4) is 0 Å². The average Bonchev–Trinajstić information content (AvgIpc) is 2.90. The molecule has 1 aliphatic heterocycles. The molecule has 3 heteroatoms. The van der Waals surface area contributed by atoms with E-state index in [0.717, 1.165) is 13.1 Å². The third-order valence-corrected chi connectivity index (χ3v) is 3.37. The molecule has 0 bridgehead atoms. The number of nitrogens with one attached hydrogen (secondary N) is 1. The second kappa shape index (κ2) is 4.72. The number of hydrogen-bond acceptors (Lipinski definition) is 2. The first-order valence-electron chi connectivity index (χ1n) is 6.23. The highest BCUT2D eigenvalue weighted by Crippen LogP contribution is 2.22. The minimum absolute atomic E-state index is 0.578. The van der Waals surface area contributed by atoms with E-state index < -0.39 is 0 Å². The van der Waals surface area contributed by atoms with Crippen molar-refractivity contribution in [3.63, 3.8) is 0 Å². The number of aromatic nitrogens is 2. The summed E-state index contributed by atoms with van der Waals surface area (Å²) in [6.45, 7) is 2.21. The van der Waals surface area contributed by atoms with Crippen LogP contribution >= 0.6 is 0 Å². The number of hydrogen-bond donors (Lipinski definition) is 1. The first-order valence-corrected chi connectivity index (χ1v) is 6.23. The molecule has 0 spiro atoms. The molecule has 1 unspecified atom stereocenters. The monoisotopic (exact) mass is 227 g/mol. The number of benzene rings is 1. The summed E-state index contributed by atoms with van der Waals surface area (Å²) >= 11 is 0. The van der Waals surface area contributed by atoms with Crippen LogP contribution in [0.4, 0.5) is 0 Å². The van der Waals surface area contributed by atoms with Crippen LogP contribution in [0.2, 0.25) is 0 Å². The number of imidazole rings is 1. The third kappa shape index (κ3) is 2.24. The zero-order valence-corrected chi connectivity index (χ0v) is 9.84. The van der Waals surface area contributed by atoms with Crippen LogP contribution in [0.1, 0.15) is 24.5 Å². The Morgan fingerprint density at radius 2 is 2.12 bits per heavy atom. The van der Waals surface area contributed by atoms with Crippen molar-refractivity contribution in [1.29, 1.82) is 0 Å². The van der Waals surface area contributed by atoms with Crippen LogP contribution in [0.15, 0.2) is 42.9 Å². The van der Waals surface area contributed by atoms with Crippen LogP contribution in [0.5, 0.6) is 0 Å². The highest BCUT2D eigenvalue weighted by atomic mass is 15.0. The van der Waals surface area contributed by atoms with E-state index in [1.54, 1.807) is 0 Å². The van der Waals surface area contributed by atoms with Gasteiger partial charge in [-0.3, -0.25) is 0 Å². The lowest BCUT2D eigenvalue weighted by atomic mass is 9.97. The minimum Gasteiger partial charge on any atom is -0.316 e. The molecule has 0 radical (unpaired) electrons. The predicted octanol–water partition coefficient (Wildman–Crippen LogP) is 2.34. The molecule has 2 aromatic rings. The number of piperidine rings is 1. The van der Waals surface area contributed by atoms with Crippen molar-refractivity contribution in [2.45, 2.75) is 18.8 Å². The molecule has 3 nitrogen and oxygen atoms in total. The Kier molecular flexibility index (Phi) is 2.92. The van der Waals surface area contributed by atoms with Crippen LogP contribution in [0, 0.1) is 0 Å². The van der Waals surface area contributed by atoms with Crippen LogP contribution in [-0.2, 0) is 0 Å². The molecule has 3 rings (SSSR count). The Morgan fingerprint density at radius 3 is 2.88 bits per heavy atom. The van der Waals surface area contributed by atoms with Gasteiger partial charge in [-0.1, -0.05) is 18.2 Å². The Bertz CT molecular complexity index is 469. The molecule has 2 heterocycles. The Labute approximate surface area is 101 Å². The second-order valence-electron chi connectivity index (χ2n) is 4.58. The minimum atomic E-state index is 0.578. The van der Waals surface area contributed by atoms with Gasteiger partial charge in [-0.05, 0) is 31.5 Å².